The van der Waals surface area contributed by atoms with E-state index in [1.807, 2.05) is 0 Å². The number of hydrogen-bond donors (Lipinski definition) is 0. The van der Waals surface area contributed by atoms with E-state index >= 15 is 0 Å². The lowest BCUT2D eigenvalue weighted by molar-refractivity contribution is -0.110. The number of Topliss-reactive ketones (excluding diaryl/α,β-unsaturated/α-hetero) is 1. The molecule has 0 bridgehead atoms. The number of ketones is 2. The fraction of sp³-hybridized carbons (Fsp3) is 0. The molecule has 0 radical (unpaired) electrons. The summed E-state index contributed by atoms with van der Waals surface area (Å²) in [6.45, 7) is 0. The molecule has 0 atom stereocenters. The van der Waals surface area contributed by atoms with E-state index < -0.39 is 27.4 Å². The van der Waals surface area contributed by atoms with Crippen LogP contribution in [0.4, 0.5) is 4.39 Å². The van der Waals surface area contributed by atoms with E-state index in [1.54, 1.807) is 30.3 Å². The van der Waals surface area contributed by atoms with Crippen molar-refractivity contribution in [1.82, 2.24) is 3.97 Å². The van der Waals surface area contributed by atoms with Crippen LogP contribution in [0.3, 0.4) is 0 Å². The third kappa shape index (κ3) is 2.72. The Hall–Kier alpha value is -3.32. The van der Waals surface area contributed by atoms with Gasteiger partial charge >= 0.3 is 0 Å². The molecule has 0 saturated carbocycles. The highest BCUT2D eigenvalue weighted by Gasteiger charge is 2.32. The van der Waals surface area contributed by atoms with Gasteiger partial charge in [-0.15, -0.1) is 0 Å². The maximum absolute atomic E-state index is 13.2. The van der Waals surface area contributed by atoms with Crippen molar-refractivity contribution in [2.45, 2.75) is 4.90 Å². The highest BCUT2D eigenvalue weighted by molar-refractivity contribution is 7.90. The predicted molar refractivity (Wildman–Crippen MR) is 97.2 cm³/mol. The van der Waals surface area contributed by atoms with Crippen molar-refractivity contribution < 1.29 is 22.4 Å². The maximum atomic E-state index is 13.2. The Labute approximate surface area is 154 Å². The molecule has 4 rings (SSSR count). The van der Waals surface area contributed by atoms with Gasteiger partial charge in [-0.3, -0.25) is 9.59 Å². The van der Waals surface area contributed by atoms with Crippen molar-refractivity contribution in [1.29, 1.82) is 0 Å². The van der Waals surface area contributed by atoms with Crippen LogP contribution in [0, 0.1) is 5.82 Å². The third-order valence-electron chi connectivity index (χ3n) is 4.31. The molecule has 0 fully saturated rings. The normalized spacial score (nSPS) is 13.7. The second-order valence-corrected chi connectivity index (χ2v) is 7.77. The van der Waals surface area contributed by atoms with Gasteiger partial charge in [-0.2, -0.15) is 0 Å². The number of allylic oxidation sites excluding steroid dienone is 1. The maximum Gasteiger partial charge on any atom is 0.268 e. The van der Waals surface area contributed by atoms with Crippen molar-refractivity contribution in [2.24, 2.45) is 0 Å². The first kappa shape index (κ1) is 17.1. The lowest BCUT2D eigenvalue weighted by Gasteiger charge is -2.11. The first-order chi connectivity index (χ1) is 12.9. The van der Waals surface area contributed by atoms with Gasteiger partial charge in [0.05, 0.1) is 16.2 Å². The molecule has 27 heavy (non-hydrogen) atoms. The van der Waals surface area contributed by atoms with Crippen LogP contribution in [-0.4, -0.2) is 24.0 Å². The van der Waals surface area contributed by atoms with Gasteiger partial charge in [-0.05, 0) is 42.0 Å². The van der Waals surface area contributed by atoms with E-state index in [9.17, 15) is 22.4 Å². The highest BCUT2D eigenvalue weighted by atomic mass is 32.2. The zero-order valence-electron chi connectivity index (χ0n) is 13.8. The number of carbonyl (C=O) groups is 2. The Kier molecular flexibility index (Phi) is 3.89. The van der Waals surface area contributed by atoms with Crippen molar-refractivity contribution in [3.05, 3.63) is 83.9 Å². The molecule has 0 N–H and O–H groups in total. The average molecular weight is 381 g/mol. The molecule has 2 aromatic carbocycles. The molecule has 0 unspecified atom stereocenters. The first-order valence-electron chi connectivity index (χ1n) is 7.98. The molecule has 7 heteroatoms. The first-order valence-corrected chi connectivity index (χ1v) is 9.42. The molecule has 3 aromatic rings. The summed E-state index contributed by atoms with van der Waals surface area (Å²) in [5.74, 6) is -2.04. The summed E-state index contributed by atoms with van der Waals surface area (Å²) in [4.78, 5) is 24.2. The summed E-state index contributed by atoms with van der Waals surface area (Å²) in [5, 5.41) is 0. The number of benzene rings is 2. The summed E-state index contributed by atoms with van der Waals surface area (Å²) in [6.07, 6.45) is 3.68. The molecule has 0 saturated heterocycles. The van der Waals surface area contributed by atoms with Crippen LogP contribution >= 0.6 is 0 Å². The number of rotatable bonds is 3. The number of aromatic nitrogens is 1. The second kappa shape index (κ2) is 6.14. The van der Waals surface area contributed by atoms with E-state index in [0.717, 1.165) is 34.3 Å². The van der Waals surface area contributed by atoms with Crippen molar-refractivity contribution in [3.63, 3.8) is 0 Å². The molecule has 1 aromatic heterocycles. The zero-order chi connectivity index (χ0) is 19.2. The van der Waals surface area contributed by atoms with Crippen LogP contribution in [0.2, 0.25) is 0 Å². The van der Waals surface area contributed by atoms with E-state index in [-0.39, 0.29) is 16.2 Å². The Morgan fingerprint density at radius 1 is 0.852 bits per heavy atom. The predicted octanol–water partition coefficient (Wildman–Crippen LogP) is 3.31. The van der Waals surface area contributed by atoms with Crippen molar-refractivity contribution in [2.75, 3.05) is 0 Å². The van der Waals surface area contributed by atoms with Crippen LogP contribution in [0.5, 0.6) is 0 Å². The largest absolute Gasteiger partial charge is 0.286 e. The Morgan fingerprint density at radius 3 is 2.19 bits per heavy atom. The van der Waals surface area contributed by atoms with Gasteiger partial charge in [0.2, 0.25) is 11.6 Å². The Bertz CT molecular complexity index is 1210. The Balaban J connectivity index is 2.00. The fourth-order valence-electron chi connectivity index (χ4n) is 3.00. The molecule has 0 spiro atoms. The summed E-state index contributed by atoms with van der Waals surface area (Å²) >= 11 is 0. The van der Waals surface area contributed by atoms with Gasteiger partial charge in [-0.25, -0.2) is 16.8 Å². The monoisotopic (exact) mass is 381 g/mol. The number of nitrogens with zero attached hydrogens (tertiary/aromatic N) is 1. The summed E-state index contributed by atoms with van der Waals surface area (Å²) in [6, 6.07) is 13.1. The molecular formula is C20H12FNO4S. The minimum Gasteiger partial charge on any atom is -0.286 e. The standard InChI is InChI=1S/C20H12FNO4S/c21-14-6-8-15(9-7-14)27(25,26)22-12-16(13-4-2-1-3-5-13)19-17(22)10-11-18(23)20(19)24/h1-12H. The van der Waals surface area contributed by atoms with Gasteiger partial charge in [0.15, 0.2) is 0 Å². The molecule has 1 heterocycles. The summed E-state index contributed by atoms with van der Waals surface area (Å²) in [7, 11) is -4.09. The number of hydrogen-bond acceptors (Lipinski definition) is 4. The minimum atomic E-state index is -4.09. The van der Waals surface area contributed by atoms with Gasteiger partial charge in [-0.1, -0.05) is 30.3 Å². The molecular weight excluding hydrogens is 369 g/mol. The van der Waals surface area contributed by atoms with Crippen LogP contribution < -0.4 is 0 Å². The number of carbonyl (C=O) groups excluding carboxylic acids is 2. The van der Waals surface area contributed by atoms with E-state index in [2.05, 4.69) is 0 Å². The van der Waals surface area contributed by atoms with Gasteiger partial charge in [0, 0.05) is 11.8 Å². The fourth-order valence-corrected chi connectivity index (χ4v) is 4.37. The summed E-state index contributed by atoms with van der Waals surface area (Å²) in [5.41, 5.74) is 1.10. The van der Waals surface area contributed by atoms with Crippen molar-refractivity contribution >= 4 is 27.7 Å². The highest BCUT2D eigenvalue weighted by Crippen LogP contribution is 2.34. The molecule has 5 nitrogen and oxygen atoms in total. The SMILES string of the molecule is O=C1C=Cc2c(c(-c3ccccc3)cn2S(=O)(=O)c2ccc(F)cc2)C1=O. The second-order valence-electron chi connectivity index (χ2n) is 5.95. The molecule has 1 aliphatic carbocycles. The lowest BCUT2D eigenvalue weighted by Crippen LogP contribution is -2.20. The van der Waals surface area contributed by atoms with Gasteiger partial charge < -0.3 is 0 Å². The van der Waals surface area contributed by atoms with Crippen LogP contribution in [0.1, 0.15) is 16.1 Å². The van der Waals surface area contributed by atoms with E-state index in [1.165, 1.54) is 12.3 Å². The molecule has 1 aliphatic rings. The quantitative estimate of drug-likeness (QED) is 0.653. The van der Waals surface area contributed by atoms with Gasteiger partial charge in [0.1, 0.15) is 5.82 Å². The van der Waals surface area contributed by atoms with Crippen LogP contribution in [0.15, 0.2) is 71.8 Å². The lowest BCUT2D eigenvalue weighted by atomic mass is 9.94. The van der Waals surface area contributed by atoms with E-state index in [0.29, 0.717) is 11.1 Å². The smallest absolute Gasteiger partial charge is 0.268 e. The van der Waals surface area contributed by atoms with Crippen LogP contribution in [0.25, 0.3) is 17.2 Å². The molecule has 0 amide bonds. The minimum absolute atomic E-state index is 0.0411. The zero-order valence-corrected chi connectivity index (χ0v) is 14.6. The molecule has 0 aliphatic heterocycles. The number of fused-ring (bicyclic) bond motifs is 1. The molecule has 134 valence electrons. The van der Waals surface area contributed by atoms with Crippen LogP contribution in [-0.2, 0) is 14.8 Å². The third-order valence-corrected chi connectivity index (χ3v) is 6.00. The summed E-state index contributed by atoms with van der Waals surface area (Å²) < 4.78 is 40.3. The number of halogens is 1. The average Bonchev–Trinajstić information content (AvgIpc) is 3.07. The Morgan fingerprint density at radius 2 is 1.52 bits per heavy atom. The topological polar surface area (TPSA) is 73.2 Å². The van der Waals surface area contributed by atoms with Gasteiger partial charge in [0.25, 0.3) is 10.0 Å². The van der Waals surface area contributed by atoms with Crippen molar-refractivity contribution in [3.8, 4) is 11.1 Å². The van der Waals surface area contributed by atoms with E-state index in [4.69, 9.17) is 0 Å².